The third-order valence-corrected chi connectivity index (χ3v) is 5.76. The van der Waals surface area contributed by atoms with Crippen molar-refractivity contribution in [3.05, 3.63) is 47.5 Å². The number of alkyl halides is 3. The van der Waals surface area contributed by atoms with Gasteiger partial charge >= 0.3 is 6.18 Å². The first kappa shape index (κ1) is 21.2. The number of amides is 1. The van der Waals surface area contributed by atoms with Gasteiger partial charge in [0.2, 0.25) is 5.91 Å². The molecule has 29 heavy (non-hydrogen) atoms. The lowest BCUT2D eigenvalue weighted by atomic mass is 9.95. The van der Waals surface area contributed by atoms with Crippen LogP contribution >= 0.6 is 11.8 Å². The maximum atomic E-state index is 13.6. The summed E-state index contributed by atoms with van der Waals surface area (Å²) in [6.45, 7) is 0. The minimum atomic E-state index is -4.70. The number of nitrogens with zero attached hydrogens (tertiary/aromatic N) is 2. The lowest BCUT2D eigenvalue weighted by Crippen LogP contribution is -2.37. The molecule has 0 aliphatic heterocycles. The number of rotatable bonds is 5. The normalized spacial score (nSPS) is 15.0. The van der Waals surface area contributed by atoms with Crippen LogP contribution in [-0.4, -0.2) is 22.7 Å². The van der Waals surface area contributed by atoms with Crippen LogP contribution in [0.2, 0.25) is 0 Å². The van der Waals surface area contributed by atoms with E-state index in [0.717, 1.165) is 49.9 Å². The number of nitriles is 1. The second kappa shape index (κ2) is 9.31. The molecule has 1 heterocycles. The van der Waals surface area contributed by atoms with Gasteiger partial charge < -0.3 is 5.32 Å². The number of benzene rings is 1. The quantitative estimate of drug-likeness (QED) is 0.678. The van der Waals surface area contributed by atoms with Gasteiger partial charge in [0, 0.05) is 11.6 Å². The van der Waals surface area contributed by atoms with Crippen LogP contribution in [0.15, 0.2) is 41.4 Å². The van der Waals surface area contributed by atoms with E-state index in [-0.39, 0.29) is 28.4 Å². The number of aromatic nitrogens is 1. The molecule has 1 fully saturated rings. The van der Waals surface area contributed by atoms with Gasteiger partial charge in [-0.1, -0.05) is 61.4 Å². The van der Waals surface area contributed by atoms with Crippen molar-refractivity contribution in [2.75, 3.05) is 5.75 Å². The Morgan fingerprint density at radius 1 is 1.21 bits per heavy atom. The van der Waals surface area contributed by atoms with Crippen LogP contribution in [0.4, 0.5) is 13.2 Å². The van der Waals surface area contributed by atoms with Gasteiger partial charge in [-0.3, -0.25) is 4.79 Å². The van der Waals surface area contributed by atoms with E-state index >= 15 is 0 Å². The molecule has 0 spiro atoms. The van der Waals surface area contributed by atoms with E-state index in [9.17, 15) is 23.2 Å². The summed E-state index contributed by atoms with van der Waals surface area (Å²) in [5.74, 6) is -0.348. The highest BCUT2D eigenvalue weighted by Crippen LogP contribution is 2.37. The smallest absolute Gasteiger partial charge is 0.353 e. The maximum Gasteiger partial charge on any atom is 0.417 e. The molecule has 0 unspecified atom stereocenters. The number of carbonyl (C=O) groups is 1. The molecule has 1 N–H and O–H groups in total. The van der Waals surface area contributed by atoms with Crippen LogP contribution < -0.4 is 5.32 Å². The average Bonchev–Trinajstić information content (AvgIpc) is 2.72. The van der Waals surface area contributed by atoms with Gasteiger partial charge in [0.05, 0.1) is 22.6 Å². The van der Waals surface area contributed by atoms with Gasteiger partial charge in [-0.05, 0) is 18.9 Å². The summed E-state index contributed by atoms with van der Waals surface area (Å²) in [5, 5.41) is 12.2. The monoisotopic (exact) mass is 419 g/mol. The Labute approximate surface area is 171 Å². The Bertz CT molecular complexity index is 904. The number of thioether (sulfide) groups is 1. The molecular weight excluding hydrogens is 399 g/mol. The lowest BCUT2D eigenvalue weighted by Gasteiger charge is -2.22. The van der Waals surface area contributed by atoms with Crippen LogP contribution in [0.3, 0.4) is 0 Å². The third kappa shape index (κ3) is 5.51. The SMILES string of the molecule is N#Cc1c(C(F)(F)F)cc(-c2ccccc2)nc1SCC(=O)NC1CCCCC1. The van der Waals surface area contributed by atoms with Crippen molar-refractivity contribution in [3.63, 3.8) is 0 Å². The topological polar surface area (TPSA) is 65.8 Å². The van der Waals surface area contributed by atoms with Crippen molar-refractivity contribution in [3.8, 4) is 17.3 Å². The summed E-state index contributed by atoms with van der Waals surface area (Å²) in [5.41, 5.74) is -0.959. The van der Waals surface area contributed by atoms with E-state index in [0.29, 0.717) is 5.56 Å². The number of hydrogen-bond acceptors (Lipinski definition) is 4. The summed E-state index contributed by atoms with van der Waals surface area (Å²) in [6.07, 6.45) is 0.415. The summed E-state index contributed by atoms with van der Waals surface area (Å²) in [7, 11) is 0. The van der Waals surface area contributed by atoms with Gasteiger partial charge in [0.1, 0.15) is 11.1 Å². The fraction of sp³-hybridized carbons (Fsp3) is 0.381. The van der Waals surface area contributed by atoms with Crippen LogP contribution in [0.1, 0.15) is 43.2 Å². The zero-order valence-corrected chi connectivity index (χ0v) is 16.4. The Hall–Kier alpha value is -2.53. The minimum absolute atomic E-state index is 0.0834. The molecule has 1 amide bonds. The van der Waals surface area contributed by atoms with Gasteiger partial charge in [-0.2, -0.15) is 18.4 Å². The van der Waals surface area contributed by atoms with E-state index in [1.807, 2.05) is 0 Å². The molecular formula is C21H20F3N3OS. The molecule has 3 rings (SSSR count). The van der Waals surface area contributed by atoms with E-state index in [1.54, 1.807) is 36.4 Å². The first-order valence-corrected chi connectivity index (χ1v) is 10.4. The van der Waals surface area contributed by atoms with Crippen molar-refractivity contribution in [2.45, 2.75) is 49.3 Å². The maximum absolute atomic E-state index is 13.6. The van der Waals surface area contributed by atoms with Crippen molar-refractivity contribution < 1.29 is 18.0 Å². The Morgan fingerprint density at radius 2 is 1.90 bits per heavy atom. The molecule has 1 aromatic carbocycles. The van der Waals surface area contributed by atoms with Gasteiger partial charge in [0.25, 0.3) is 0 Å². The number of halogens is 3. The van der Waals surface area contributed by atoms with Crippen molar-refractivity contribution in [1.29, 1.82) is 5.26 Å². The zero-order valence-electron chi connectivity index (χ0n) is 15.6. The van der Waals surface area contributed by atoms with Crippen molar-refractivity contribution in [1.82, 2.24) is 10.3 Å². The molecule has 0 radical (unpaired) electrons. The molecule has 152 valence electrons. The summed E-state index contributed by atoms with van der Waals surface area (Å²) in [4.78, 5) is 16.5. The van der Waals surface area contributed by atoms with Crippen LogP contribution in [0.5, 0.6) is 0 Å². The van der Waals surface area contributed by atoms with Crippen LogP contribution in [0.25, 0.3) is 11.3 Å². The van der Waals surface area contributed by atoms with E-state index in [1.165, 1.54) is 0 Å². The standard InChI is InChI=1S/C21H20F3N3OS/c22-21(23,24)17-11-18(14-7-3-1-4-8-14)27-20(16(17)12-25)29-13-19(28)26-15-9-5-2-6-10-15/h1,3-4,7-8,11,15H,2,5-6,9-10,13H2,(H,26,28). The zero-order chi connectivity index (χ0) is 20.9. The molecule has 0 bridgehead atoms. The molecule has 4 nitrogen and oxygen atoms in total. The number of pyridine rings is 1. The van der Waals surface area contributed by atoms with Gasteiger partial charge in [-0.15, -0.1) is 0 Å². The van der Waals surface area contributed by atoms with E-state index in [2.05, 4.69) is 10.3 Å². The largest absolute Gasteiger partial charge is 0.417 e. The number of carbonyl (C=O) groups excluding carboxylic acids is 1. The highest BCUT2D eigenvalue weighted by atomic mass is 32.2. The number of hydrogen-bond donors (Lipinski definition) is 1. The summed E-state index contributed by atoms with van der Waals surface area (Å²) >= 11 is 0.862. The Kier molecular flexibility index (Phi) is 6.80. The molecule has 2 aromatic rings. The summed E-state index contributed by atoms with van der Waals surface area (Å²) < 4.78 is 40.7. The van der Waals surface area contributed by atoms with E-state index < -0.39 is 17.3 Å². The predicted molar refractivity (Wildman–Crippen MR) is 105 cm³/mol. The van der Waals surface area contributed by atoms with Crippen LogP contribution in [-0.2, 0) is 11.0 Å². The predicted octanol–water partition coefficient (Wildman–Crippen LogP) is 5.18. The lowest BCUT2D eigenvalue weighted by molar-refractivity contribution is -0.138. The fourth-order valence-corrected chi connectivity index (χ4v) is 4.18. The van der Waals surface area contributed by atoms with Crippen molar-refractivity contribution in [2.24, 2.45) is 0 Å². The minimum Gasteiger partial charge on any atom is -0.353 e. The number of nitrogens with one attached hydrogen (secondary N) is 1. The molecule has 1 saturated carbocycles. The highest BCUT2D eigenvalue weighted by molar-refractivity contribution is 8.00. The summed E-state index contributed by atoms with van der Waals surface area (Å²) in [6, 6.07) is 11.1. The first-order chi connectivity index (χ1) is 13.9. The molecule has 1 aliphatic carbocycles. The van der Waals surface area contributed by atoms with E-state index in [4.69, 9.17) is 0 Å². The van der Waals surface area contributed by atoms with Crippen LogP contribution in [0, 0.1) is 11.3 Å². The fourth-order valence-electron chi connectivity index (χ4n) is 3.36. The van der Waals surface area contributed by atoms with Crippen molar-refractivity contribution >= 4 is 17.7 Å². The molecule has 0 saturated heterocycles. The molecule has 0 atom stereocenters. The molecule has 1 aromatic heterocycles. The first-order valence-electron chi connectivity index (χ1n) is 9.38. The third-order valence-electron chi connectivity index (χ3n) is 4.78. The second-order valence-electron chi connectivity index (χ2n) is 6.90. The average molecular weight is 419 g/mol. The van der Waals surface area contributed by atoms with Gasteiger partial charge in [0.15, 0.2) is 0 Å². The second-order valence-corrected chi connectivity index (χ2v) is 7.87. The molecule has 1 aliphatic rings. The Balaban J connectivity index is 1.86. The van der Waals surface area contributed by atoms with Gasteiger partial charge in [-0.25, -0.2) is 4.98 Å². The highest BCUT2D eigenvalue weighted by Gasteiger charge is 2.36. The Morgan fingerprint density at radius 3 is 2.52 bits per heavy atom. The molecule has 8 heteroatoms.